The molecule has 1 fully saturated rings. The molecule has 1 amide bonds. The Balaban J connectivity index is 1.94. The topological polar surface area (TPSA) is 105 Å². The Kier molecular flexibility index (Phi) is 3.18. The summed E-state index contributed by atoms with van der Waals surface area (Å²) in [7, 11) is 0. The van der Waals surface area contributed by atoms with E-state index in [4.69, 9.17) is 5.84 Å². The Morgan fingerprint density at radius 2 is 2.37 bits per heavy atom. The van der Waals surface area contributed by atoms with Gasteiger partial charge in [0.25, 0.3) is 0 Å². The van der Waals surface area contributed by atoms with E-state index >= 15 is 0 Å². The zero-order valence-corrected chi connectivity index (χ0v) is 11.0. The first-order valence-electron chi connectivity index (χ1n) is 6.04. The Morgan fingerprint density at radius 3 is 3.16 bits per heavy atom. The highest BCUT2D eigenvalue weighted by molar-refractivity contribution is 7.16. The number of carbonyl (C=O) groups excluding carboxylic acids is 1. The van der Waals surface area contributed by atoms with E-state index in [2.05, 4.69) is 26.0 Å². The summed E-state index contributed by atoms with van der Waals surface area (Å²) >= 11 is 1.51. The number of hydrazine groups is 1. The summed E-state index contributed by atoms with van der Waals surface area (Å²) in [5, 5.41) is 8.86. The molecule has 1 saturated heterocycles. The van der Waals surface area contributed by atoms with Crippen molar-refractivity contribution >= 4 is 39.2 Å². The molecule has 1 aliphatic rings. The molecule has 1 aliphatic heterocycles. The van der Waals surface area contributed by atoms with Gasteiger partial charge in [-0.05, 0) is 24.3 Å². The zero-order valence-electron chi connectivity index (χ0n) is 10.1. The summed E-state index contributed by atoms with van der Waals surface area (Å²) in [6.45, 7) is 0.740. The lowest BCUT2D eigenvalue weighted by molar-refractivity contribution is -0.123. The van der Waals surface area contributed by atoms with E-state index in [1.54, 1.807) is 0 Å². The van der Waals surface area contributed by atoms with Crippen molar-refractivity contribution in [2.45, 2.75) is 18.9 Å². The highest BCUT2D eigenvalue weighted by atomic mass is 32.1. The van der Waals surface area contributed by atoms with Crippen molar-refractivity contribution in [2.75, 3.05) is 17.3 Å². The molecule has 2 aromatic rings. The third-order valence-corrected chi connectivity index (χ3v) is 3.86. The first kappa shape index (κ1) is 12.1. The summed E-state index contributed by atoms with van der Waals surface area (Å²) in [6.07, 6.45) is 1.76. The lowest BCUT2D eigenvalue weighted by Crippen LogP contribution is -2.44. The molecule has 0 spiro atoms. The molecule has 0 bridgehead atoms. The number of rotatable bonds is 3. The van der Waals surface area contributed by atoms with Crippen molar-refractivity contribution in [3.63, 3.8) is 0 Å². The summed E-state index contributed by atoms with van der Waals surface area (Å²) < 4.78 is 0. The molecule has 1 unspecified atom stereocenters. The fourth-order valence-corrected chi connectivity index (χ4v) is 2.87. The van der Waals surface area contributed by atoms with Crippen LogP contribution < -0.4 is 21.9 Å². The maximum absolute atomic E-state index is 11.8. The standard InChI is InChI=1S/C11H14N6OS/c12-17-11-15-8(6-3-5-19-10(6)16-11)14-7-2-1-4-13-9(7)18/h3,5,7H,1-2,4,12H2,(H,13,18)(H2,14,15,16,17). The van der Waals surface area contributed by atoms with Gasteiger partial charge in [-0.3, -0.25) is 10.2 Å². The second-order valence-corrected chi connectivity index (χ2v) is 5.20. The van der Waals surface area contributed by atoms with Crippen LogP contribution in [0.4, 0.5) is 11.8 Å². The number of nitrogens with two attached hydrogens (primary N) is 1. The van der Waals surface area contributed by atoms with Crippen LogP contribution in [0.5, 0.6) is 0 Å². The van der Waals surface area contributed by atoms with Crippen LogP contribution in [0.25, 0.3) is 10.2 Å². The van der Waals surface area contributed by atoms with Crippen molar-refractivity contribution in [2.24, 2.45) is 5.84 Å². The van der Waals surface area contributed by atoms with Gasteiger partial charge < -0.3 is 10.6 Å². The van der Waals surface area contributed by atoms with Crippen LogP contribution in [0.3, 0.4) is 0 Å². The summed E-state index contributed by atoms with van der Waals surface area (Å²) in [4.78, 5) is 21.2. The molecule has 5 N–H and O–H groups in total. The molecule has 0 saturated carbocycles. The van der Waals surface area contributed by atoms with Crippen molar-refractivity contribution in [3.8, 4) is 0 Å². The minimum atomic E-state index is -0.252. The predicted molar refractivity (Wildman–Crippen MR) is 74.9 cm³/mol. The largest absolute Gasteiger partial charge is 0.358 e. The first-order valence-corrected chi connectivity index (χ1v) is 6.92. The molecule has 0 aliphatic carbocycles. The Labute approximate surface area is 113 Å². The minimum Gasteiger partial charge on any atom is -0.358 e. The van der Waals surface area contributed by atoms with Crippen LogP contribution in [0.1, 0.15) is 12.8 Å². The van der Waals surface area contributed by atoms with E-state index in [1.165, 1.54) is 11.3 Å². The van der Waals surface area contributed by atoms with Gasteiger partial charge in [-0.15, -0.1) is 11.3 Å². The number of nitrogens with one attached hydrogen (secondary N) is 3. The van der Waals surface area contributed by atoms with Gasteiger partial charge in [-0.25, -0.2) is 10.8 Å². The smallest absolute Gasteiger partial charge is 0.242 e. The maximum atomic E-state index is 11.8. The van der Waals surface area contributed by atoms with E-state index in [1.807, 2.05) is 11.4 Å². The number of hydrogen-bond acceptors (Lipinski definition) is 7. The molecule has 7 nitrogen and oxygen atoms in total. The van der Waals surface area contributed by atoms with Gasteiger partial charge in [0.1, 0.15) is 16.7 Å². The van der Waals surface area contributed by atoms with Crippen LogP contribution in [0, 0.1) is 0 Å². The molecular formula is C11H14N6OS. The Bertz CT molecular complexity index is 612. The average molecular weight is 278 g/mol. The normalized spacial score (nSPS) is 19.2. The van der Waals surface area contributed by atoms with Crippen LogP contribution in [-0.4, -0.2) is 28.5 Å². The van der Waals surface area contributed by atoms with Crippen molar-refractivity contribution in [1.82, 2.24) is 15.3 Å². The first-order chi connectivity index (χ1) is 9.28. The highest BCUT2D eigenvalue weighted by Crippen LogP contribution is 2.27. The summed E-state index contributed by atoms with van der Waals surface area (Å²) in [5.41, 5.74) is 2.44. The van der Waals surface area contributed by atoms with Gasteiger partial charge in [-0.2, -0.15) is 4.98 Å². The molecule has 0 radical (unpaired) electrons. The third kappa shape index (κ3) is 2.32. The predicted octanol–water partition coefficient (Wildman–Crippen LogP) is 0.667. The molecule has 3 heterocycles. The fourth-order valence-electron chi connectivity index (χ4n) is 2.10. The monoisotopic (exact) mass is 278 g/mol. The molecule has 2 aromatic heterocycles. The molecule has 3 rings (SSSR count). The van der Waals surface area contributed by atoms with Crippen LogP contribution in [-0.2, 0) is 4.79 Å². The van der Waals surface area contributed by atoms with Crippen molar-refractivity contribution in [1.29, 1.82) is 0 Å². The summed E-state index contributed by atoms with van der Waals surface area (Å²) in [5.74, 6) is 6.35. The minimum absolute atomic E-state index is 0.00972. The Morgan fingerprint density at radius 1 is 1.47 bits per heavy atom. The highest BCUT2D eigenvalue weighted by Gasteiger charge is 2.23. The van der Waals surface area contributed by atoms with Crippen LogP contribution in [0.2, 0.25) is 0 Å². The fraction of sp³-hybridized carbons (Fsp3) is 0.364. The number of amides is 1. The number of nitrogen functional groups attached to an aromatic ring is 1. The van der Waals surface area contributed by atoms with Crippen molar-refractivity contribution < 1.29 is 4.79 Å². The van der Waals surface area contributed by atoms with E-state index in [0.29, 0.717) is 11.8 Å². The number of aromatic nitrogens is 2. The number of fused-ring (bicyclic) bond motifs is 1. The number of piperidine rings is 1. The molecular weight excluding hydrogens is 264 g/mol. The van der Waals surface area contributed by atoms with E-state index in [0.717, 1.165) is 29.6 Å². The lowest BCUT2D eigenvalue weighted by atomic mass is 10.1. The Hall–Kier alpha value is -1.93. The number of hydrogen-bond donors (Lipinski definition) is 4. The van der Waals surface area contributed by atoms with Gasteiger partial charge in [0.15, 0.2) is 0 Å². The summed E-state index contributed by atoms with van der Waals surface area (Å²) in [6, 6.07) is 1.68. The van der Waals surface area contributed by atoms with E-state index in [9.17, 15) is 4.79 Å². The second-order valence-electron chi connectivity index (χ2n) is 4.31. The van der Waals surface area contributed by atoms with E-state index < -0.39 is 0 Å². The number of carbonyl (C=O) groups is 1. The molecule has 100 valence electrons. The molecule has 8 heteroatoms. The quantitative estimate of drug-likeness (QED) is 0.486. The van der Waals surface area contributed by atoms with Crippen molar-refractivity contribution in [3.05, 3.63) is 11.4 Å². The average Bonchev–Trinajstić information content (AvgIpc) is 2.89. The van der Waals surface area contributed by atoms with Gasteiger partial charge in [0, 0.05) is 6.54 Å². The third-order valence-electron chi connectivity index (χ3n) is 3.05. The molecule has 1 atom stereocenters. The lowest BCUT2D eigenvalue weighted by Gasteiger charge is -2.23. The second kappa shape index (κ2) is 4.98. The van der Waals surface area contributed by atoms with Gasteiger partial charge in [0.05, 0.1) is 5.39 Å². The SMILES string of the molecule is NNc1nc(NC2CCCNC2=O)c2ccsc2n1. The van der Waals surface area contributed by atoms with Gasteiger partial charge in [0.2, 0.25) is 11.9 Å². The molecule has 0 aromatic carbocycles. The maximum Gasteiger partial charge on any atom is 0.242 e. The van der Waals surface area contributed by atoms with Crippen LogP contribution in [0.15, 0.2) is 11.4 Å². The number of thiophene rings is 1. The number of nitrogens with zero attached hydrogens (tertiary/aromatic N) is 2. The van der Waals surface area contributed by atoms with Gasteiger partial charge >= 0.3 is 0 Å². The van der Waals surface area contributed by atoms with Crippen LogP contribution >= 0.6 is 11.3 Å². The number of anilines is 2. The molecule has 19 heavy (non-hydrogen) atoms. The van der Waals surface area contributed by atoms with Gasteiger partial charge in [-0.1, -0.05) is 0 Å². The zero-order chi connectivity index (χ0) is 13.2. The van der Waals surface area contributed by atoms with E-state index in [-0.39, 0.29) is 11.9 Å².